The number of rotatable bonds is 4. The summed E-state index contributed by atoms with van der Waals surface area (Å²) in [6.45, 7) is 1.95. The van der Waals surface area contributed by atoms with Crippen LogP contribution in [0.4, 0.5) is 5.69 Å². The predicted octanol–water partition coefficient (Wildman–Crippen LogP) is 1.74. The number of anilines is 1. The summed E-state index contributed by atoms with van der Waals surface area (Å²) in [6, 6.07) is 3.31. The van der Waals surface area contributed by atoms with E-state index in [0.29, 0.717) is 28.3 Å². The van der Waals surface area contributed by atoms with Crippen LogP contribution in [0.25, 0.3) is 11.3 Å². The van der Waals surface area contributed by atoms with Crippen molar-refractivity contribution in [3.8, 4) is 17.1 Å². The highest BCUT2D eigenvalue weighted by molar-refractivity contribution is 6.06. The van der Waals surface area contributed by atoms with Crippen molar-refractivity contribution in [2.24, 2.45) is 0 Å². The molecule has 1 N–H and O–H groups in total. The molecule has 1 aromatic carbocycles. The average Bonchev–Trinajstić information content (AvgIpc) is 3.11. The van der Waals surface area contributed by atoms with E-state index in [-0.39, 0.29) is 12.5 Å². The van der Waals surface area contributed by atoms with Crippen LogP contribution in [0.15, 0.2) is 29.1 Å². The van der Waals surface area contributed by atoms with E-state index in [0.717, 1.165) is 0 Å². The normalized spacial score (nSPS) is 16.4. The maximum atomic E-state index is 12.6. The second kappa shape index (κ2) is 6.23. The molecule has 1 aromatic heterocycles. The van der Waals surface area contributed by atoms with Crippen molar-refractivity contribution < 1.29 is 23.5 Å². The molecule has 1 unspecified atom stereocenters. The number of likely N-dealkylation sites (N-methyl/N-ethyl adjacent to an activating group) is 1. The number of nitrogens with one attached hydrogen (secondary N) is 1. The largest absolute Gasteiger partial charge is 0.496 e. The third-order valence-electron chi connectivity index (χ3n) is 3.78. The SMILES string of the molecule is CCOC(=O)C1Nc2cc(OC)c(-c3cnco3)cc2C(=O)N1C. The van der Waals surface area contributed by atoms with Crippen molar-refractivity contribution in [3.05, 3.63) is 30.3 Å². The highest BCUT2D eigenvalue weighted by Gasteiger charge is 2.36. The van der Waals surface area contributed by atoms with Crippen LogP contribution < -0.4 is 10.1 Å². The monoisotopic (exact) mass is 331 g/mol. The van der Waals surface area contributed by atoms with Gasteiger partial charge in [0.15, 0.2) is 12.2 Å². The number of hydrogen-bond donors (Lipinski definition) is 1. The molecule has 1 atom stereocenters. The maximum Gasteiger partial charge on any atom is 0.349 e. The number of aromatic nitrogens is 1. The van der Waals surface area contributed by atoms with Crippen LogP contribution in [0.1, 0.15) is 17.3 Å². The molecule has 0 spiro atoms. The van der Waals surface area contributed by atoms with E-state index < -0.39 is 12.1 Å². The Morgan fingerprint density at radius 1 is 1.42 bits per heavy atom. The zero-order valence-electron chi connectivity index (χ0n) is 13.5. The average molecular weight is 331 g/mol. The number of amides is 1. The van der Waals surface area contributed by atoms with E-state index in [1.165, 1.54) is 31.6 Å². The molecule has 1 aliphatic rings. The van der Waals surface area contributed by atoms with Crippen molar-refractivity contribution in [2.75, 3.05) is 26.1 Å². The molecule has 1 amide bonds. The first-order valence-electron chi connectivity index (χ1n) is 7.38. The number of benzene rings is 1. The van der Waals surface area contributed by atoms with Crippen LogP contribution in [0, 0.1) is 0 Å². The van der Waals surface area contributed by atoms with E-state index in [4.69, 9.17) is 13.9 Å². The van der Waals surface area contributed by atoms with Gasteiger partial charge in [-0.3, -0.25) is 4.79 Å². The van der Waals surface area contributed by atoms with Gasteiger partial charge in [0.2, 0.25) is 6.17 Å². The molecule has 0 fully saturated rings. The van der Waals surface area contributed by atoms with Crippen LogP contribution in [-0.4, -0.2) is 48.7 Å². The zero-order chi connectivity index (χ0) is 17.3. The summed E-state index contributed by atoms with van der Waals surface area (Å²) < 4.78 is 15.7. The molecule has 24 heavy (non-hydrogen) atoms. The summed E-state index contributed by atoms with van der Waals surface area (Å²) >= 11 is 0. The minimum atomic E-state index is -0.884. The Bertz CT molecular complexity index is 772. The van der Waals surface area contributed by atoms with Gasteiger partial charge in [-0.15, -0.1) is 0 Å². The van der Waals surface area contributed by atoms with Crippen LogP contribution in [0.5, 0.6) is 5.75 Å². The minimum absolute atomic E-state index is 0.236. The first-order chi connectivity index (χ1) is 11.6. The third-order valence-corrected chi connectivity index (χ3v) is 3.78. The lowest BCUT2D eigenvalue weighted by Gasteiger charge is -2.33. The Labute approximate surface area is 138 Å². The van der Waals surface area contributed by atoms with E-state index in [9.17, 15) is 9.59 Å². The Kier molecular flexibility index (Phi) is 4.11. The summed E-state index contributed by atoms with van der Waals surface area (Å²) in [5.41, 5.74) is 1.51. The Balaban J connectivity index is 2.05. The van der Waals surface area contributed by atoms with Gasteiger partial charge in [-0.2, -0.15) is 0 Å². The van der Waals surface area contributed by atoms with Gasteiger partial charge in [-0.05, 0) is 13.0 Å². The molecule has 2 aromatic rings. The highest BCUT2D eigenvalue weighted by atomic mass is 16.5. The molecule has 8 heteroatoms. The number of methoxy groups -OCH3 is 1. The maximum absolute atomic E-state index is 12.6. The van der Waals surface area contributed by atoms with E-state index in [2.05, 4.69) is 10.3 Å². The number of oxazole rings is 1. The molecular formula is C16H17N3O5. The van der Waals surface area contributed by atoms with E-state index >= 15 is 0 Å². The lowest BCUT2D eigenvalue weighted by molar-refractivity contribution is -0.147. The Morgan fingerprint density at radius 3 is 2.83 bits per heavy atom. The smallest absolute Gasteiger partial charge is 0.349 e. The van der Waals surface area contributed by atoms with Crippen LogP contribution in [-0.2, 0) is 9.53 Å². The lowest BCUT2D eigenvalue weighted by atomic mass is 10.0. The first-order valence-corrected chi connectivity index (χ1v) is 7.38. The Morgan fingerprint density at radius 2 is 2.21 bits per heavy atom. The van der Waals surface area contributed by atoms with Gasteiger partial charge in [-0.1, -0.05) is 0 Å². The van der Waals surface area contributed by atoms with Crippen LogP contribution >= 0.6 is 0 Å². The number of hydrogen-bond acceptors (Lipinski definition) is 7. The minimum Gasteiger partial charge on any atom is -0.496 e. The van der Waals surface area contributed by atoms with Gasteiger partial charge in [0, 0.05) is 13.1 Å². The van der Waals surface area contributed by atoms with Crippen LogP contribution in [0.2, 0.25) is 0 Å². The molecule has 0 bridgehead atoms. The lowest BCUT2D eigenvalue weighted by Crippen LogP contribution is -2.51. The fraction of sp³-hybridized carbons (Fsp3) is 0.312. The fourth-order valence-corrected chi connectivity index (χ4v) is 2.58. The van der Waals surface area contributed by atoms with Crippen molar-refractivity contribution in [2.45, 2.75) is 13.1 Å². The molecule has 0 saturated heterocycles. The number of ether oxygens (including phenoxy) is 2. The van der Waals surface area contributed by atoms with Crippen molar-refractivity contribution in [3.63, 3.8) is 0 Å². The molecule has 0 saturated carbocycles. The van der Waals surface area contributed by atoms with Gasteiger partial charge < -0.3 is 24.1 Å². The number of carbonyl (C=O) groups is 2. The van der Waals surface area contributed by atoms with Gasteiger partial charge in [0.1, 0.15) is 5.75 Å². The topological polar surface area (TPSA) is 93.9 Å². The van der Waals surface area contributed by atoms with Crippen molar-refractivity contribution in [1.82, 2.24) is 9.88 Å². The summed E-state index contributed by atoms with van der Waals surface area (Å²) in [7, 11) is 3.05. The molecular weight excluding hydrogens is 314 g/mol. The number of esters is 1. The molecule has 126 valence electrons. The number of fused-ring (bicyclic) bond motifs is 1. The first kappa shape index (κ1) is 15.9. The number of nitrogens with zero attached hydrogens (tertiary/aromatic N) is 2. The van der Waals surface area contributed by atoms with Crippen molar-refractivity contribution in [1.29, 1.82) is 0 Å². The zero-order valence-corrected chi connectivity index (χ0v) is 13.5. The summed E-state index contributed by atoms with van der Waals surface area (Å²) in [5.74, 6) is 0.165. The van der Waals surface area contributed by atoms with Gasteiger partial charge in [-0.25, -0.2) is 9.78 Å². The summed E-state index contributed by atoms with van der Waals surface area (Å²) in [4.78, 5) is 29.9. The van der Waals surface area contributed by atoms with E-state index in [1.54, 1.807) is 19.1 Å². The van der Waals surface area contributed by atoms with Crippen LogP contribution in [0.3, 0.4) is 0 Å². The third kappa shape index (κ3) is 2.55. The highest BCUT2D eigenvalue weighted by Crippen LogP contribution is 2.37. The molecule has 1 aliphatic heterocycles. The molecule has 2 heterocycles. The second-order valence-corrected chi connectivity index (χ2v) is 5.18. The summed E-state index contributed by atoms with van der Waals surface area (Å²) in [5, 5.41) is 3.01. The van der Waals surface area contributed by atoms with Gasteiger partial charge in [0.05, 0.1) is 36.7 Å². The van der Waals surface area contributed by atoms with E-state index in [1.807, 2.05) is 0 Å². The quantitative estimate of drug-likeness (QED) is 0.853. The molecule has 0 aliphatic carbocycles. The second-order valence-electron chi connectivity index (χ2n) is 5.18. The van der Waals surface area contributed by atoms with Crippen molar-refractivity contribution >= 4 is 17.6 Å². The molecule has 0 radical (unpaired) electrons. The van der Waals surface area contributed by atoms with Gasteiger partial charge in [0.25, 0.3) is 5.91 Å². The fourth-order valence-electron chi connectivity index (χ4n) is 2.58. The standard InChI is InChI=1S/C16H17N3O5/c1-4-23-16(21)14-18-11-6-12(22-3)10(13-7-17-8-24-13)5-9(11)15(20)19(14)2/h5-8,14,18H,4H2,1-3H3. The van der Waals surface area contributed by atoms with Gasteiger partial charge >= 0.3 is 5.97 Å². The number of carbonyl (C=O) groups excluding carboxylic acids is 2. The summed E-state index contributed by atoms with van der Waals surface area (Å²) in [6.07, 6.45) is 1.96. The molecule has 3 rings (SSSR count). The Hall–Kier alpha value is -3.03. The molecule has 8 nitrogen and oxygen atoms in total. The predicted molar refractivity (Wildman–Crippen MR) is 84.6 cm³/mol.